The fourth-order valence-corrected chi connectivity index (χ4v) is 3.77. The topological polar surface area (TPSA) is 72.5 Å². The Morgan fingerprint density at radius 2 is 2.23 bits per heavy atom. The molecule has 4 N–H and O–H groups in total. The summed E-state index contributed by atoms with van der Waals surface area (Å²) in [6.45, 7) is 11.0. The number of aromatic nitrogens is 1. The molecule has 0 bridgehead atoms. The minimum absolute atomic E-state index is 0.400. The van der Waals surface area contributed by atoms with Crippen molar-refractivity contribution >= 4 is 16.7 Å². The molecule has 0 spiro atoms. The Morgan fingerprint density at radius 1 is 1.43 bits per heavy atom. The average molecular weight is 409 g/mol. The molecule has 1 aromatic carbocycles. The fourth-order valence-electron chi connectivity index (χ4n) is 3.77. The molecule has 0 saturated carbocycles. The maximum Gasteiger partial charge on any atom is 0.126 e. The van der Waals surface area contributed by atoms with Crippen molar-refractivity contribution in [2.75, 3.05) is 46.8 Å². The second kappa shape index (κ2) is 9.96. The fraction of sp³-hybridized carbons (Fsp3) is 0.458. The molecule has 0 amide bonds. The highest BCUT2D eigenvalue weighted by molar-refractivity contribution is 6.08. The van der Waals surface area contributed by atoms with E-state index in [-0.39, 0.29) is 0 Å². The number of likely N-dealkylation sites (N-methyl/N-ethyl adjacent to an activating group) is 1. The summed E-state index contributed by atoms with van der Waals surface area (Å²) in [6, 6.07) is 8.11. The van der Waals surface area contributed by atoms with Crippen LogP contribution in [0.25, 0.3) is 10.9 Å². The third-order valence-corrected chi connectivity index (χ3v) is 6.04. The number of nitrogens with zero attached hydrogens (tertiary/aromatic N) is 3. The monoisotopic (exact) mass is 408 g/mol. The molecule has 6 heteroatoms. The van der Waals surface area contributed by atoms with Gasteiger partial charge in [0.1, 0.15) is 5.84 Å². The van der Waals surface area contributed by atoms with Gasteiger partial charge in [-0.2, -0.15) is 0 Å². The molecular formula is C24H36N6. The van der Waals surface area contributed by atoms with Crippen LogP contribution in [0, 0.1) is 0 Å². The number of H-pyrrole nitrogens is 1. The summed E-state index contributed by atoms with van der Waals surface area (Å²) in [6.07, 6.45) is 8.15. The van der Waals surface area contributed by atoms with Gasteiger partial charge in [0, 0.05) is 67.6 Å². The Hall–Kier alpha value is -2.57. The first-order valence-electron chi connectivity index (χ1n) is 10.7. The lowest BCUT2D eigenvalue weighted by molar-refractivity contribution is 0.440. The van der Waals surface area contributed by atoms with Gasteiger partial charge in [0.05, 0.1) is 0 Å². The van der Waals surface area contributed by atoms with Gasteiger partial charge in [0.25, 0.3) is 0 Å². The molecule has 2 unspecified atom stereocenters. The van der Waals surface area contributed by atoms with E-state index >= 15 is 0 Å². The number of hydrogen-bond acceptors (Lipinski definition) is 4. The summed E-state index contributed by atoms with van der Waals surface area (Å²) in [4.78, 5) is 12.4. The lowest BCUT2D eigenvalue weighted by Crippen LogP contribution is -2.25. The first kappa shape index (κ1) is 22.1. The van der Waals surface area contributed by atoms with Gasteiger partial charge in [0.2, 0.25) is 0 Å². The Bertz CT molecular complexity index is 911. The molecule has 1 fully saturated rings. The summed E-state index contributed by atoms with van der Waals surface area (Å²) < 4.78 is 0. The Balaban J connectivity index is 1.40. The van der Waals surface area contributed by atoms with Gasteiger partial charge in [-0.3, -0.25) is 9.89 Å². The van der Waals surface area contributed by atoms with Crippen molar-refractivity contribution in [3.63, 3.8) is 0 Å². The minimum atomic E-state index is 0.400. The van der Waals surface area contributed by atoms with Gasteiger partial charge in [-0.05, 0) is 51.1 Å². The second-order valence-corrected chi connectivity index (χ2v) is 8.53. The van der Waals surface area contributed by atoms with Crippen LogP contribution < -0.4 is 11.1 Å². The lowest BCUT2D eigenvalue weighted by Gasteiger charge is -2.16. The number of nitrogens with one attached hydrogen (secondary N) is 2. The van der Waals surface area contributed by atoms with E-state index in [2.05, 4.69) is 58.9 Å². The van der Waals surface area contributed by atoms with Crippen molar-refractivity contribution in [3.05, 3.63) is 60.5 Å². The minimum Gasteiger partial charge on any atom is -0.383 e. The van der Waals surface area contributed by atoms with Crippen LogP contribution in [0.4, 0.5) is 0 Å². The van der Waals surface area contributed by atoms with Crippen molar-refractivity contribution in [1.29, 1.82) is 0 Å². The zero-order valence-electron chi connectivity index (χ0n) is 18.6. The molecule has 3 rings (SSSR count). The van der Waals surface area contributed by atoms with Gasteiger partial charge in [-0.15, -0.1) is 0 Å². The molecule has 1 aliphatic rings. The van der Waals surface area contributed by atoms with Crippen LogP contribution in [0.5, 0.6) is 0 Å². The highest BCUT2D eigenvalue weighted by Gasteiger charge is 2.43. The first-order chi connectivity index (χ1) is 14.4. The zero-order chi connectivity index (χ0) is 21.6. The van der Waals surface area contributed by atoms with E-state index in [0.717, 1.165) is 42.5 Å². The molecular weight excluding hydrogens is 372 g/mol. The largest absolute Gasteiger partial charge is 0.383 e. The number of rotatable bonds is 12. The van der Waals surface area contributed by atoms with Crippen LogP contribution in [0.15, 0.2) is 59.9 Å². The maximum atomic E-state index is 6.24. The van der Waals surface area contributed by atoms with E-state index in [1.54, 1.807) is 0 Å². The van der Waals surface area contributed by atoms with Crippen LogP contribution in [-0.2, 0) is 0 Å². The molecule has 162 valence electrons. The molecule has 6 nitrogen and oxygen atoms in total. The Labute approximate surface area is 180 Å². The highest BCUT2D eigenvalue weighted by Crippen LogP contribution is 2.31. The van der Waals surface area contributed by atoms with Crippen molar-refractivity contribution in [2.24, 2.45) is 10.7 Å². The van der Waals surface area contributed by atoms with Gasteiger partial charge in [-0.1, -0.05) is 24.8 Å². The quantitative estimate of drug-likeness (QED) is 0.166. The third kappa shape index (κ3) is 5.74. The average Bonchev–Trinajstić information content (AvgIpc) is 3.11. The molecule has 2 aromatic rings. The molecule has 1 saturated heterocycles. The molecule has 2 heterocycles. The van der Waals surface area contributed by atoms with Crippen LogP contribution in [0.2, 0.25) is 0 Å². The lowest BCUT2D eigenvalue weighted by atomic mass is 10.1. The van der Waals surface area contributed by atoms with E-state index < -0.39 is 0 Å². The zero-order valence-corrected chi connectivity index (χ0v) is 18.6. The Kier molecular flexibility index (Phi) is 7.34. The molecule has 1 aromatic heterocycles. The van der Waals surface area contributed by atoms with E-state index in [1.165, 1.54) is 18.5 Å². The van der Waals surface area contributed by atoms with Crippen LogP contribution in [-0.4, -0.2) is 73.0 Å². The van der Waals surface area contributed by atoms with E-state index in [4.69, 9.17) is 5.73 Å². The van der Waals surface area contributed by atoms with Gasteiger partial charge >= 0.3 is 0 Å². The Morgan fingerprint density at radius 3 is 2.97 bits per heavy atom. The van der Waals surface area contributed by atoms with Gasteiger partial charge < -0.3 is 20.9 Å². The standard InChI is InChI=1S/C24H36N6/c1-5-19(16-26-14-11-24(2)18-30(24)4)17-29(3)15-7-12-28-23(25)21-8-6-9-22-20(21)10-13-27-22/h5-6,8-10,13,17,26-27H,1,7,11-12,14-16,18H2,2-4H3,(H2,25,28)/b19-17+. The predicted molar refractivity (Wildman–Crippen MR) is 128 cm³/mol. The number of fused-ring (bicyclic) bond motifs is 1. The summed E-state index contributed by atoms with van der Waals surface area (Å²) in [5, 5.41) is 4.65. The normalized spacial score (nSPS) is 21.8. The number of nitrogens with two attached hydrogens (primary N) is 1. The summed E-state index contributed by atoms with van der Waals surface area (Å²) in [5.41, 5.74) is 9.92. The third-order valence-electron chi connectivity index (χ3n) is 6.04. The highest BCUT2D eigenvalue weighted by atomic mass is 15.3. The molecule has 0 aliphatic carbocycles. The van der Waals surface area contributed by atoms with Crippen molar-refractivity contribution in [1.82, 2.24) is 20.1 Å². The number of hydrogen-bond donors (Lipinski definition) is 3. The van der Waals surface area contributed by atoms with Gasteiger partial charge in [0.15, 0.2) is 0 Å². The van der Waals surface area contributed by atoms with Crippen LogP contribution in [0.3, 0.4) is 0 Å². The van der Waals surface area contributed by atoms with E-state index in [9.17, 15) is 0 Å². The molecule has 30 heavy (non-hydrogen) atoms. The predicted octanol–water partition coefficient (Wildman–Crippen LogP) is 2.95. The smallest absolute Gasteiger partial charge is 0.126 e. The van der Waals surface area contributed by atoms with Gasteiger partial charge in [-0.25, -0.2) is 0 Å². The SMILES string of the molecule is C=C/C(=C\N(C)CCC/N=C(\N)c1cccc2[nH]ccc12)CNCCC1(C)CN1C. The molecule has 0 radical (unpaired) electrons. The number of aromatic amines is 1. The summed E-state index contributed by atoms with van der Waals surface area (Å²) in [7, 11) is 4.28. The van der Waals surface area contributed by atoms with Crippen molar-refractivity contribution in [3.8, 4) is 0 Å². The number of amidine groups is 1. The van der Waals surface area contributed by atoms with Crippen molar-refractivity contribution < 1.29 is 0 Å². The van der Waals surface area contributed by atoms with Crippen molar-refractivity contribution in [2.45, 2.75) is 25.3 Å². The van der Waals surface area contributed by atoms with Crippen LogP contribution in [0.1, 0.15) is 25.3 Å². The summed E-state index contributed by atoms with van der Waals surface area (Å²) in [5.74, 6) is 0.601. The number of benzene rings is 1. The second-order valence-electron chi connectivity index (χ2n) is 8.53. The van der Waals surface area contributed by atoms with E-state index in [0.29, 0.717) is 17.9 Å². The molecule has 1 aliphatic heterocycles. The van der Waals surface area contributed by atoms with Crippen LogP contribution >= 0.6 is 0 Å². The summed E-state index contributed by atoms with van der Waals surface area (Å²) >= 11 is 0. The first-order valence-corrected chi connectivity index (χ1v) is 10.7. The maximum absolute atomic E-state index is 6.24. The van der Waals surface area contributed by atoms with E-state index in [1.807, 2.05) is 36.5 Å². The molecule has 2 atom stereocenters. The number of aliphatic imine (C=N–C) groups is 1.